The third-order valence-electron chi connectivity index (χ3n) is 6.84. The van der Waals surface area contributed by atoms with Crippen LogP contribution in [-0.4, -0.2) is 64.0 Å². The van der Waals surface area contributed by atoms with Gasteiger partial charge in [-0.3, -0.25) is 4.79 Å². The van der Waals surface area contributed by atoms with Crippen LogP contribution in [0.5, 0.6) is 0 Å². The molecule has 4 aromatic carbocycles. The minimum absolute atomic E-state index is 0. The van der Waals surface area contributed by atoms with Crippen molar-refractivity contribution in [2.45, 2.75) is 6.92 Å². The molecule has 1 aliphatic rings. The van der Waals surface area contributed by atoms with Gasteiger partial charge in [0, 0.05) is 43.1 Å². The van der Waals surface area contributed by atoms with E-state index < -0.39 is 23.3 Å². The van der Waals surface area contributed by atoms with Crippen LogP contribution in [0, 0.1) is 6.92 Å². The van der Waals surface area contributed by atoms with Crippen LogP contribution in [0.25, 0.3) is 27.4 Å². The Hall–Kier alpha value is -5.03. The second-order valence-corrected chi connectivity index (χ2v) is 9.70. The lowest BCUT2D eigenvalue weighted by Crippen LogP contribution is -2.39. The van der Waals surface area contributed by atoms with E-state index in [0.29, 0.717) is 16.5 Å². The van der Waals surface area contributed by atoms with Gasteiger partial charge in [0.25, 0.3) is 0 Å². The molecule has 44 heavy (non-hydrogen) atoms. The van der Waals surface area contributed by atoms with Crippen LogP contribution >= 0.6 is 12.4 Å². The number of aryl methyl sites for hydroxylation is 1. The number of halogens is 1. The number of benzene rings is 4. The molecule has 5 N–H and O–H groups in total. The summed E-state index contributed by atoms with van der Waals surface area (Å²) >= 11 is 0. The molecule has 11 heteroatoms. The van der Waals surface area contributed by atoms with Gasteiger partial charge in [-0.15, -0.1) is 12.4 Å². The number of aromatic nitrogens is 1. The van der Waals surface area contributed by atoms with E-state index in [1.165, 1.54) is 18.3 Å². The molecular weight excluding hydrogens is 586 g/mol. The molecule has 2 heterocycles. The molecule has 10 nitrogen and oxygen atoms in total. The van der Waals surface area contributed by atoms with E-state index in [1.54, 1.807) is 23.6 Å². The Kier molecular flexibility index (Phi) is 11.7. The van der Waals surface area contributed by atoms with Crippen molar-refractivity contribution in [1.82, 2.24) is 15.2 Å². The number of carbonyl (C=O) groups is 3. The van der Waals surface area contributed by atoms with E-state index in [9.17, 15) is 24.3 Å². The molecule has 0 radical (unpaired) electrons. The van der Waals surface area contributed by atoms with Crippen molar-refractivity contribution >= 4 is 52.0 Å². The Morgan fingerprint density at radius 3 is 1.84 bits per heavy atom. The van der Waals surface area contributed by atoms with Crippen LogP contribution in [0.3, 0.4) is 0 Å². The fraction of sp³-hybridized carbons (Fsp3) is 0.152. The Morgan fingerprint density at radius 2 is 1.25 bits per heavy atom. The number of pyridine rings is 1. The molecule has 1 aliphatic heterocycles. The average molecular weight is 618 g/mol. The molecule has 1 aromatic heterocycles. The lowest BCUT2D eigenvalue weighted by atomic mass is 10.1. The summed E-state index contributed by atoms with van der Waals surface area (Å²) in [7, 11) is 0. The van der Waals surface area contributed by atoms with Gasteiger partial charge >= 0.3 is 17.9 Å². The van der Waals surface area contributed by atoms with Gasteiger partial charge in [-0.1, -0.05) is 54.6 Å². The maximum absolute atomic E-state index is 12.4. The molecule has 0 atom stereocenters. The molecule has 0 aliphatic carbocycles. The number of nitrogens with one attached hydrogen (secondary N) is 2. The third-order valence-corrected chi connectivity index (χ3v) is 6.84. The van der Waals surface area contributed by atoms with Crippen LogP contribution in [0.2, 0.25) is 0 Å². The highest BCUT2D eigenvalue weighted by Gasteiger charge is 2.16. The van der Waals surface area contributed by atoms with Gasteiger partial charge in [-0.25, -0.2) is 14.4 Å². The topological polar surface area (TPSA) is 158 Å². The van der Waals surface area contributed by atoms with Gasteiger partial charge in [0.05, 0.1) is 22.3 Å². The maximum Gasteiger partial charge on any atom is 0.341 e. The van der Waals surface area contributed by atoms with Crippen LogP contribution < -0.4 is 16.1 Å². The second-order valence-electron chi connectivity index (χ2n) is 9.70. The molecule has 1 fully saturated rings. The molecule has 0 bridgehead atoms. The molecule has 0 amide bonds. The number of fused-ring (bicyclic) bond motifs is 2. The van der Waals surface area contributed by atoms with Gasteiger partial charge in [-0.2, -0.15) is 0 Å². The largest absolute Gasteiger partial charge is 0.478 e. The Bertz CT molecular complexity index is 1850. The van der Waals surface area contributed by atoms with Crippen molar-refractivity contribution in [1.29, 1.82) is 0 Å². The number of para-hydroxylation sites is 1. The SMILES string of the molecule is C1CNCCN1.Cc1ccc(C(=O)O)cc1C(=O)O.Cl.O=C(O)c1cn(-c2cccc3ccccc23)c2ccccc2c1=O. The van der Waals surface area contributed by atoms with E-state index in [1.807, 2.05) is 54.6 Å². The standard InChI is InChI=1S/C20H13NO3.C9H8O4.C4H10N2.ClH/c22-19-15-9-3-4-10-18(15)21(12-16(19)20(23)24)17-11-5-7-13-6-1-2-8-14(13)17;1-5-2-3-6(8(10)11)4-7(5)9(12)13;1-2-6-4-3-5-1;/h1-12H,(H,23,24);2-4H,1H3,(H,10,11)(H,12,13);5-6H,1-4H2;1H. The number of hydrogen-bond acceptors (Lipinski definition) is 6. The average Bonchev–Trinajstić information content (AvgIpc) is 3.02. The van der Waals surface area contributed by atoms with E-state index >= 15 is 0 Å². The Balaban J connectivity index is 0.000000222. The zero-order valence-electron chi connectivity index (χ0n) is 23.8. The number of piperazine rings is 1. The number of carboxylic acids is 3. The van der Waals surface area contributed by atoms with E-state index in [0.717, 1.165) is 48.7 Å². The molecule has 5 aromatic rings. The molecule has 0 unspecified atom stereocenters. The molecule has 0 spiro atoms. The van der Waals surface area contributed by atoms with E-state index in [4.69, 9.17) is 10.2 Å². The van der Waals surface area contributed by atoms with Crippen LogP contribution in [0.15, 0.2) is 95.9 Å². The monoisotopic (exact) mass is 617 g/mol. The van der Waals surface area contributed by atoms with Crippen LogP contribution in [0.4, 0.5) is 0 Å². The van der Waals surface area contributed by atoms with Crippen LogP contribution in [-0.2, 0) is 0 Å². The fourth-order valence-corrected chi connectivity index (χ4v) is 4.64. The number of hydrogen-bond donors (Lipinski definition) is 5. The predicted octanol–water partition coefficient (Wildman–Crippen LogP) is 4.83. The highest BCUT2D eigenvalue weighted by molar-refractivity contribution is 5.96. The van der Waals surface area contributed by atoms with Crippen molar-refractivity contribution in [3.8, 4) is 5.69 Å². The van der Waals surface area contributed by atoms with Crippen LogP contribution in [0.1, 0.15) is 36.6 Å². The lowest BCUT2D eigenvalue weighted by molar-refractivity contribution is 0.0681. The minimum Gasteiger partial charge on any atom is -0.478 e. The molecule has 6 rings (SSSR count). The van der Waals surface area contributed by atoms with Gasteiger partial charge in [0.15, 0.2) is 0 Å². The third kappa shape index (κ3) is 7.87. The van der Waals surface area contributed by atoms with E-state index in [-0.39, 0.29) is 29.1 Å². The summed E-state index contributed by atoms with van der Waals surface area (Å²) in [5, 5.41) is 35.5. The first-order chi connectivity index (χ1) is 20.7. The summed E-state index contributed by atoms with van der Waals surface area (Å²) in [6, 6.07) is 24.8. The van der Waals surface area contributed by atoms with Crippen molar-refractivity contribution in [3.05, 3.63) is 124 Å². The van der Waals surface area contributed by atoms with Crippen molar-refractivity contribution in [3.63, 3.8) is 0 Å². The summed E-state index contributed by atoms with van der Waals surface area (Å²) in [5.41, 5.74) is 1.40. The fourth-order valence-electron chi connectivity index (χ4n) is 4.64. The predicted molar refractivity (Wildman–Crippen MR) is 172 cm³/mol. The van der Waals surface area contributed by atoms with Crippen molar-refractivity contribution in [2.24, 2.45) is 0 Å². The summed E-state index contributed by atoms with van der Waals surface area (Å²) in [6.07, 6.45) is 1.41. The summed E-state index contributed by atoms with van der Waals surface area (Å²) in [6.45, 7) is 6.18. The number of aromatic carboxylic acids is 3. The Morgan fingerprint density at radius 1 is 0.682 bits per heavy atom. The summed E-state index contributed by atoms with van der Waals surface area (Å²) in [5.74, 6) is -3.46. The normalized spacial score (nSPS) is 12.1. The summed E-state index contributed by atoms with van der Waals surface area (Å²) < 4.78 is 1.78. The Labute approximate surface area is 259 Å². The number of nitrogens with zero attached hydrogens (tertiary/aromatic N) is 1. The number of rotatable bonds is 4. The van der Waals surface area contributed by atoms with Gasteiger partial charge < -0.3 is 30.5 Å². The zero-order chi connectivity index (χ0) is 30.9. The highest BCUT2D eigenvalue weighted by Crippen LogP contribution is 2.25. The quantitative estimate of drug-likeness (QED) is 0.190. The number of carboxylic acid groups (broad SMARTS) is 3. The van der Waals surface area contributed by atoms with Gasteiger partial charge in [0.1, 0.15) is 5.56 Å². The smallest absolute Gasteiger partial charge is 0.341 e. The highest BCUT2D eigenvalue weighted by atomic mass is 35.5. The second kappa shape index (κ2) is 15.4. The molecular formula is C33H32ClN3O7. The molecule has 0 saturated carbocycles. The van der Waals surface area contributed by atoms with Gasteiger partial charge in [-0.05, 0) is 48.2 Å². The minimum atomic E-state index is -1.22. The molecule has 1 saturated heterocycles. The van der Waals surface area contributed by atoms with Crippen molar-refractivity contribution < 1.29 is 29.7 Å². The van der Waals surface area contributed by atoms with Gasteiger partial charge in [0.2, 0.25) is 5.43 Å². The lowest BCUT2D eigenvalue weighted by Gasteiger charge is -2.14. The first-order valence-corrected chi connectivity index (χ1v) is 13.5. The first-order valence-electron chi connectivity index (χ1n) is 13.5. The summed E-state index contributed by atoms with van der Waals surface area (Å²) in [4.78, 5) is 45.0. The molecule has 228 valence electrons. The maximum atomic E-state index is 12.4. The van der Waals surface area contributed by atoms with Crippen molar-refractivity contribution in [2.75, 3.05) is 26.2 Å². The zero-order valence-corrected chi connectivity index (χ0v) is 24.6. The van der Waals surface area contributed by atoms with E-state index in [2.05, 4.69) is 10.6 Å². The first kappa shape index (κ1) is 33.5.